The largest absolute Gasteiger partial charge is 0.748 e. The molecular weight excluding hydrogens is 366 g/mol. The number of carbonyl (C=O) groups excluding carboxylic acids is 1. The molecule has 27 heavy (non-hydrogen) atoms. The molecule has 0 fully saturated rings. The Morgan fingerprint density at radius 3 is 2.00 bits per heavy atom. The molecule has 0 bridgehead atoms. The van der Waals surface area contributed by atoms with Gasteiger partial charge in [0.15, 0.2) is 0 Å². The zero-order chi connectivity index (χ0) is 21.1. The Hall–Kier alpha value is -0.920. The van der Waals surface area contributed by atoms with Crippen LogP contribution in [0.25, 0.3) is 0 Å². The molecule has 0 N–H and O–H groups in total. The summed E-state index contributed by atoms with van der Waals surface area (Å²) in [5, 5.41) is 0. The first kappa shape index (κ1) is 26.1. The third-order valence-electron chi connectivity index (χ3n) is 5.27. The highest BCUT2D eigenvalue weighted by Crippen LogP contribution is 2.23. The SMILES string of the molecule is C=C(C)C(=O)OC(C)CC[N+](CCCC)(CCCC)C(C)CCS(=O)(=O)[O-]. The van der Waals surface area contributed by atoms with Crippen LogP contribution >= 0.6 is 0 Å². The topological polar surface area (TPSA) is 83.5 Å². The maximum Gasteiger partial charge on any atom is 0.333 e. The number of ether oxygens (including phenoxy) is 1. The van der Waals surface area contributed by atoms with E-state index in [9.17, 15) is 17.8 Å². The van der Waals surface area contributed by atoms with Gasteiger partial charge in [0.05, 0.1) is 35.8 Å². The molecule has 0 aromatic heterocycles. The van der Waals surface area contributed by atoms with E-state index in [1.807, 2.05) is 13.8 Å². The van der Waals surface area contributed by atoms with Crippen molar-refractivity contribution in [2.24, 2.45) is 0 Å². The van der Waals surface area contributed by atoms with E-state index in [1.54, 1.807) is 6.92 Å². The molecule has 7 heteroatoms. The van der Waals surface area contributed by atoms with Crippen LogP contribution in [0.15, 0.2) is 12.2 Å². The van der Waals surface area contributed by atoms with Crippen LogP contribution in [0.1, 0.15) is 73.1 Å². The van der Waals surface area contributed by atoms with Gasteiger partial charge in [-0.2, -0.15) is 0 Å². The van der Waals surface area contributed by atoms with Crippen molar-refractivity contribution in [3.63, 3.8) is 0 Å². The number of nitrogens with zero attached hydrogens (tertiary/aromatic N) is 1. The number of rotatable bonds is 15. The first-order valence-corrected chi connectivity index (χ1v) is 11.7. The van der Waals surface area contributed by atoms with Crippen molar-refractivity contribution >= 4 is 16.1 Å². The molecule has 0 aromatic rings. The molecule has 6 nitrogen and oxygen atoms in total. The zero-order valence-electron chi connectivity index (χ0n) is 17.8. The minimum Gasteiger partial charge on any atom is -0.748 e. The van der Waals surface area contributed by atoms with E-state index < -0.39 is 10.1 Å². The summed E-state index contributed by atoms with van der Waals surface area (Å²) in [5.41, 5.74) is 0.383. The standard InChI is InChI=1S/C20H39NO5S/c1-7-9-13-21(14-10-8-2,18(5)12-16-27(23,24)25)15-11-19(6)26-20(22)17(3)4/h18-19H,3,7-16H2,1-2,4-6H3. The van der Waals surface area contributed by atoms with E-state index >= 15 is 0 Å². The highest BCUT2D eigenvalue weighted by atomic mass is 32.2. The third kappa shape index (κ3) is 10.9. The molecule has 2 atom stereocenters. The molecule has 2 unspecified atom stereocenters. The lowest BCUT2D eigenvalue weighted by atomic mass is 10.1. The van der Waals surface area contributed by atoms with Crippen LogP contribution in [0.4, 0.5) is 0 Å². The Kier molecular flexibility index (Phi) is 12.1. The lowest BCUT2D eigenvalue weighted by molar-refractivity contribution is -0.950. The van der Waals surface area contributed by atoms with Gasteiger partial charge in [-0.3, -0.25) is 0 Å². The summed E-state index contributed by atoms with van der Waals surface area (Å²) in [4.78, 5) is 11.7. The van der Waals surface area contributed by atoms with E-state index in [4.69, 9.17) is 4.74 Å². The molecule has 0 radical (unpaired) electrons. The Labute approximate surface area is 166 Å². The fourth-order valence-corrected chi connectivity index (χ4v) is 3.94. The highest BCUT2D eigenvalue weighted by molar-refractivity contribution is 7.85. The Bertz CT molecular complexity index is 551. The van der Waals surface area contributed by atoms with Gasteiger partial charge in [-0.1, -0.05) is 33.3 Å². The first-order valence-electron chi connectivity index (χ1n) is 10.1. The molecular formula is C20H39NO5S. The first-order chi connectivity index (χ1) is 12.5. The van der Waals surface area contributed by atoms with Crippen LogP contribution in [0.5, 0.6) is 0 Å². The molecule has 160 valence electrons. The second-order valence-corrected chi connectivity index (χ2v) is 9.30. The summed E-state index contributed by atoms with van der Waals surface area (Å²) in [5.74, 6) is -0.708. The minimum atomic E-state index is -4.22. The number of hydrogen-bond donors (Lipinski definition) is 0. The van der Waals surface area contributed by atoms with Gasteiger partial charge in [-0.25, -0.2) is 13.2 Å². The maximum absolute atomic E-state index is 11.7. The van der Waals surface area contributed by atoms with Gasteiger partial charge >= 0.3 is 5.97 Å². The summed E-state index contributed by atoms with van der Waals surface area (Å²) < 4.78 is 39.5. The van der Waals surface area contributed by atoms with Crippen LogP contribution in [-0.2, 0) is 19.6 Å². The third-order valence-corrected chi connectivity index (χ3v) is 6.01. The van der Waals surface area contributed by atoms with Crippen molar-refractivity contribution in [2.45, 2.75) is 85.3 Å². The lowest BCUT2D eigenvalue weighted by Gasteiger charge is -2.45. The van der Waals surface area contributed by atoms with Gasteiger partial charge in [0.25, 0.3) is 0 Å². The summed E-state index contributed by atoms with van der Waals surface area (Å²) in [7, 11) is -4.22. The van der Waals surface area contributed by atoms with E-state index in [-0.39, 0.29) is 23.9 Å². The molecule has 0 aromatic carbocycles. The Balaban J connectivity index is 5.25. The average molecular weight is 406 g/mol. The average Bonchev–Trinajstić information content (AvgIpc) is 2.58. The van der Waals surface area contributed by atoms with Crippen molar-refractivity contribution in [3.05, 3.63) is 12.2 Å². The van der Waals surface area contributed by atoms with Gasteiger partial charge in [0.2, 0.25) is 0 Å². The molecule has 0 aliphatic heterocycles. The molecule has 0 spiro atoms. The van der Waals surface area contributed by atoms with Crippen LogP contribution in [0.2, 0.25) is 0 Å². The molecule has 0 rings (SSSR count). The summed E-state index contributed by atoms with van der Waals surface area (Å²) in [6.45, 7) is 16.1. The summed E-state index contributed by atoms with van der Waals surface area (Å²) in [6.07, 6.45) is 5.01. The van der Waals surface area contributed by atoms with Crippen molar-refractivity contribution in [3.8, 4) is 0 Å². The Morgan fingerprint density at radius 1 is 1.07 bits per heavy atom. The normalized spacial score (nSPS) is 14.6. The van der Waals surface area contributed by atoms with E-state index in [2.05, 4.69) is 20.4 Å². The molecule has 0 saturated heterocycles. The monoisotopic (exact) mass is 405 g/mol. The second-order valence-electron chi connectivity index (χ2n) is 7.78. The van der Waals surface area contributed by atoms with E-state index in [1.165, 1.54) is 0 Å². The van der Waals surface area contributed by atoms with Crippen LogP contribution in [-0.4, -0.2) is 61.0 Å². The highest BCUT2D eigenvalue weighted by Gasteiger charge is 2.33. The van der Waals surface area contributed by atoms with Crippen molar-refractivity contribution in [1.29, 1.82) is 0 Å². The number of quaternary nitrogens is 1. The number of esters is 1. The van der Waals surface area contributed by atoms with Crippen LogP contribution in [0, 0.1) is 0 Å². The van der Waals surface area contributed by atoms with Gasteiger partial charge in [0, 0.05) is 24.2 Å². The fraction of sp³-hybridized carbons (Fsp3) is 0.850. The van der Waals surface area contributed by atoms with Crippen LogP contribution in [0.3, 0.4) is 0 Å². The van der Waals surface area contributed by atoms with Crippen LogP contribution < -0.4 is 0 Å². The second kappa shape index (κ2) is 12.5. The summed E-state index contributed by atoms with van der Waals surface area (Å²) >= 11 is 0. The minimum absolute atomic E-state index is 0.0656. The van der Waals surface area contributed by atoms with Gasteiger partial charge < -0.3 is 13.8 Å². The van der Waals surface area contributed by atoms with Crippen molar-refractivity contribution < 1.29 is 27.0 Å². The Morgan fingerprint density at radius 2 is 1.59 bits per heavy atom. The number of carbonyl (C=O) groups is 1. The quantitative estimate of drug-likeness (QED) is 0.180. The maximum atomic E-state index is 11.7. The molecule has 0 saturated carbocycles. The molecule has 0 heterocycles. The fourth-order valence-electron chi connectivity index (χ4n) is 3.31. The van der Waals surface area contributed by atoms with Crippen molar-refractivity contribution in [2.75, 3.05) is 25.4 Å². The molecule has 0 amide bonds. The van der Waals surface area contributed by atoms with Gasteiger partial charge in [-0.05, 0) is 33.6 Å². The smallest absolute Gasteiger partial charge is 0.333 e. The summed E-state index contributed by atoms with van der Waals surface area (Å²) in [6, 6.07) is 0.0656. The lowest BCUT2D eigenvalue weighted by Crippen LogP contribution is -2.57. The van der Waals surface area contributed by atoms with E-state index in [0.717, 1.165) is 49.8 Å². The van der Waals surface area contributed by atoms with Crippen molar-refractivity contribution in [1.82, 2.24) is 0 Å². The number of unbranched alkanes of at least 4 members (excludes halogenated alkanes) is 2. The van der Waals surface area contributed by atoms with Gasteiger partial charge in [0.1, 0.15) is 6.10 Å². The van der Waals surface area contributed by atoms with Gasteiger partial charge in [-0.15, -0.1) is 0 Å². The predicted octanol–water partition coefficient (Wildman–Crippen LogP) is 3.63. The predicted molar refractivity (Wildman–Crippen MR) is 108 cm³/mol. The molecule has 0 aliphatic rings. The van der Waals surface area contributed by atoms with E-state index in [0.29, 0.717) is 18.4 Å². The molecule has 0 aliphatic carbocycles. The zero-order valence-corrected chi connectivity index (χ0v) is 18.6. The number of hydrogen-bond acceptors (Lipinski definition) is 5.